The highest BCUT2D eigenvalue weighted by Crippen LogP contribution is 2.24. The first-order chi connectivity index (χ1) is 12.0. The Hall–Kier alpha value is -2.58. The molecule has 0 atom stereocenters. The maximum absolute atomic E-state index is 12.4. The lowest BCUT2D eigenvalue weighted by molar-refractivity contribution is 0.0740. The number of aromatic amines is 2. The standard InChI is InChI=1S/C16H17ClN4O4/c17-12-7-11(2-1-10(12)9-22)20-3-5-21(6-4-20)15(24)13-8-14(23)19-16(25)18-13/h1-2,7-8,22H,3-6,9H2,(H2,18,19,23,25). The van der Waals surface area contributed by atoms with E-state index < -0.39 is 11.2 Å². The van der Waals surface area contributed by atoms with Crippen LogP contribution in [0.15, 0.2) is 33.9 Å². The quantitative estimate of drug-likeness (QED) is 0.719. The maximum Gasteiger partial charge on any atom is 0.326 e. The predicted molar refractivity (Wildman–Crippen MR) is 93.2 cm³/mol. The van der Waals surface area contributed by atoms with E-state index in [-0.39, 0.29) is 18.2 Å². The van der Waals surface area contributed by atoms with Crippen LogP contribution in [0.3, 0.4) is 0 Å². The molecule has 0 radical (unpaired) electrons. The van der Waals surface area contributed by atoms with E-state index in [0.717, 1.165) is 11.8 Å². The summed E-state index contributed by atoms with van der Waals surface area (Å²) in [5.74, 6) is -0.378. The summed E-state index contributed by atoms with van der Waals surface area (Å²) in [7, 11) is 0. The number of piperazine rings is 1. The second-order valence-corrected chi connectivity index (χ2v) is 6.12. The fourth-order valence-corrected chi connectivity index (χ4v) is 3.02. The van der Waals surface area contributed by atoms with Crippen molar-refractivity contribution < 1.29 is 9.90 Å². The smallest absolute Gasteiger partial charge is 0.326 e. The second-order valence-electron chi connectivity index (χ2n) is 5.71. The van der Waals surface area contributed by atoms with Gasteiger partial charge in [0.05, 0.1) is 6.61 Å². The number of carbonyl (C=O) groups excluding carboxylic acids is 1. The Kier molecular flexibility index (Phi) is 4.91. The number of aliphatic hydroxyl groups excluding tert-OH is 1. The molecule has 0 bridgehead atoms. The van der Waals surface area contributed by atoms with Crippen molar-refractivity contribution in [3.8, 4) is 0 Å². The first kappa shape index (κ1) is 17.2. The topological polar surface area (TPSA) is 109 Å². The van der Waals surface area contributed by atoms with E-state index in [1.807, 2.05) is 11.1 Å². The number of amides is 1. The molecule has 2 aromatic rings. The van der Waals surface area contributed by atoms with Gasteiger partial charge in [0.15, 0.2) is 0 Å². The Bertz CT molecular complexity index is 871. The first-order valence-electron chi connectivity index (χ1n) is 7.75. The van der Waals surface area contributed by atoms with Crippen molar-refractivity contribution in [2.24, 2.45) is 0 Å². The van der Waals surface area contributed by atoms with Gasteiger partial charge in [0.1, 0.15) is 5.69 Å². The van der Waals surface area contributed by atoms with Crippen LogP contribution in [0.25, 0.3) is 0 Å². The third-order valence-electron chi connectivity index (χ3n) is 4.13. The lowest BCUT2D eigenvalue weighted by Crippen LogP contribution is -2.49. The molecule has 8 nitrogen and oxygen atoms in total. The van der Waals surface area contributed by atoms with Crippen LogP contribution in [0.2, 0.25) is 5.02 Å². The average Bonchev–Trinajstić information content (AvgIpc) is 2.60. The molecule has 3 N–H and O–H groups in total. The fourth-order valence-electron chi connectivity index (χ4n) is 2.78. The lowest BCUT2D eigenvalue weighted by Gasteiger charge is -2.36. The zero-order valence-corrected chi connectivity index (χ0v) is 14.0. The second kappa shape index (κ2) is 7.12. The third-order valence-corrected chi connectivity index (χ3v) is 4.48. The number of hydrogen-bond acceptors (Lipinski definition) is 5. The first-order valence-corrected chi connectivity index (χ1v) is 8.13. The number of anilines is 1. The van der Waals surface area contributed by atoms with Crippen molar-refractivity contribution in [2.45, 2.75) is 6.61 Å². The number of aliphatic hydroxyl groups is 1. The van der Waals surface area contributed by atoms with Gasteiger partial charge in [-0.2, -0.15) is 0 Å². The minimum Gasteiger partial charge on any atom is -0.392 e. The van der Waals surface area contributed by atoms with Gasteiger partial charge in [0.25, 0.3) is 11.5 Å². The summed E-state index contributed by atoms with van der Waals surface area (Å²) >= 11 is 6.12. The highest BCUT2D eigenvalue weighted by atomic mass is 35.5. The Morgan fingerprint density at radius 3 is 2.44 bits per heavy atom. The molecule has 1 aromatic heterocycles. The number of rotatable bonds is 3. The largest absolute Gasteiger partial charge is 0.392 e. The molecule has 9 heteroatoms. The van der Waals surface area contributed by atoms with Crippen molar-refractivity contribution in [3.05, 3.63) is 61.4 Å². The van der Waals surface area contributed by atoms with E-state index >= 15 is 0 Å². The monoisotopic (exact) mass is 364 g/mol. The molecule has 0 unspecified atom stereocenters. The van der Waals surface area contributed by atoms with Crippen LogP contribution in [0.1, 0.15) is 16.1 Å². The summed E-state index contributed by atoms with van der Waals surface area (Å²) in [5, 5.41) is 9.67. The van der Waals surface area contributed by atoms with Gasteiger partial charge in [-0.05, 0) is 17.7 Å². The number of nitrogens with one attached hydrogen (secondary N) is 2. The number of nitrogens with zero attached hydrogens (tertiary/aromatic N) is 2. The summed E-state index contributed by atoms with van der Waals surface area (Å²) in [6.07, 6.45) is 0. The van der Waals surface area contributed by atoms with Crippen molar-refractivity contribution in [1.82, 2.24) is 14.9 Å². The molecule has 2 heterocycles. The van der Waals surface area contributed by atoms with Crippen LogP contribution in [-0.4, -0.2) is 52.1 Å². The van der Waals surface area contributed by atoms with Crippen molar-refractivity contribution in [1.29, 1.82) is 0 Å². The molecule has 1 amide bonds. The number of hydrogen-bond donors (Lipinski definition) is 3. The minimum absolute atomic E-state index is 0.0162. The normalized spacial score (nSPS) is 14.6. The van der Waals surface area contributed by atoms with Gasteiger partial charge in [0.2, 0.25) is 0 Å². The van der Waals surface area contributed by atoms with Gasteiger partial charge in [-0.1, -0.05) is 17.7 Å². The Morgan fingerprint density at radius 2 is 1.84 bits per heavy atom. The highest BCUT2D eigenvalue weighted by Gasteiger charge is 2.23. The Balaban J connectivity index is 1.69. The van der Waals surface area contributed by atoms with Crippen LogP contribution >= 0.6 is 11.6 Å². The SMILES string of the molecule is O=C(c1cc(=O)[nH]c(=O)[nH]1)N1CCN(c2ccc(CO)c(Cl)c2)CC1. The molecule has 1 fully saturated rings. The third kappa shape index (κ3) is 3.75. The van der Waals surface area contributed by atoms with E-state index in [2.05, 4.69) is 9.88 Å². The summed E-state index contributed by atoms with van der Waals surface area (Å²) in [5.41, 5.74) is 0.256. The minimum atomic E-state index is -0.701. The predicted octanol–water partition coefficient (Wildman–Crippen LogP) is 0.171. The van der Waals surface area contributed by atoms with Gasteiger partial charge in [-0.15, -0.1) is 0 Å². The molecule has 1 aliphatic heterocycles. The Labute approximate surface area is 147 Å². The molecule has 0 spiro atoms. The average molecular weight is 365 g/mol. The molecular weight excluding hydrogens is 348 g/mol. The van der Waals surface area contributed by atoms with E-state index in [0.29, 0.717) is 36.8 Å². The lowest BCUT2D eigenvalue weighted by atomic mass is 10.2. The van der Waals surface area contributed by atoms with E-state index in [9.17, 15) is 19.5 Å². The summed E-state index contributed by atoms with van der Waals surface area (Å²) in [6.45, 7) is 1.97. The van der Waals surface area contributed by atoms with E-state index in [1.165, 1.54) is 0 Å². The van der Waals surface area contributed by atoms with Crippen molar-refractivity contribution >= 4 is 23.2 Å². The van der Waals surface area contributed by atoms with Crippen molar-refractivity contribution in [3.63, 3.8) is 0 Å². The van der Waals surface area contributed by atoms with Gasteiger partial charge < -0.3 is 19.9 Å². The molecule has 1 aromatic carbocycles. The van der Waals surface area contributed by atoms with Gasteiger partial charge >= 0.3 is 5.69 Å². The van der Waals surface area contributed by atoms with Gasteiger partial charge in [0, 0.05) is 43.0 Å². The molecule has 3 rings (SSSR count). The molecule has 132 valence electrons. The molecule has 0 aliphatic carbocycles. The molecule has 1 aliphatic rings. The fraction of sp³-hybridized carbons (Fsp3) is 0.312. The van der Waals surface area contributed by atoms with Crippen molar-refractivity contribution in [2.75, 3.05) is 31.1 Å². The van der Waals surface area contributed by atoms with Gasteiger partial charge in [-0.25, -0.2) is 4.79 Å². The van der Waals surface area contributed by atoms with Crippen LogP contribution in [-0.2, 0) is 6.61 Å². The highest BCUT2D eigenvalue weighted by molar-refractivity contribution is 6.31. The number of carbonyl (C=O) groups is 1. The number of benzene rings is 1. The van der Waals surface area contributed by atoms with E-state index in [1.54, 1.807) is 17.0 Å². The zero-order valence-electron chi connectivity index (χ0n) is 13.3. The van der Waals surface area contributed by atoms with E-state index in [4.69, 9.17) is 11.6 Å². The summed E-state index contributed by atoms with van der Waals surface area (Å²) in [4.78, 5) is 43.1. The summed E-state index contributed by atoms with van der Waals surface area (Å²) in [6, 6.07) is 6.53. The molecular formula is C16H17ClN4O4. The number of H-pyrrole nitrogens is 2. The van der Waals surface area contributed by atoms with Crippen LogP contribution in [0.5, 0.6) is 0 Å². The zero-order chi connectivity index (χ0) is 18.0. The molecule has 25 heavy (non-hydrogen) atoms. The van der Waals surface area contributed by atoms with Crippen LogP contribution in [0, 0.1) is 0 Å². The Morgan fingerprint density at radius 1 is 1.12 bits per heavy atom. The van der Waals surface area contributed by atoms with Crippen LogP contribution < -0.4 is 16.1 Å². The van der Waals surface area contributed by atoms with Gasteiger partial charge in [-0.3, -0.25) is 14.6 Å². The van der Waals surface area contributed by atoms with Crippen LogP contribution in [0.4, 0.5) is 5.69 Å². The number of halogens is 1. The number of aromatic nitrogens is 2. The summed E-state index contributed by atoms with van der Waals surface area (Å²) < 4.78 is 0. The molecule has 0 saturated carbocycles. The molecule has 1 saturated heterocycles. The maximum atomic E-state index is 12.4.